The summed E-state index contributed by atoms with van der Waals surface area (Å²) in [5, 5.41) is 8.81. The fourth-order valence-corrected chi connectivity index (χ4v) is 4.74. The topological polar surface area (TPSA) is 85.9 Å². The van der Waals surface area contributed by atoms with Crippen LogP contribution in [-0.2, 0) is 16.6 Å². The third kappa shape index (κ3) is 4.42. The average molecular weight is 437 g/mol. The number of benzene rings is 1. The van der Waals surface area contributed by atoms with Gasteiger partial charge in [-0.2, -0.15) is 14.5 Å². The molecule has 31 heavy (non-hydrogen) atoms. The van der Waals surface area contributed by atoms with E-state index in [1.165, 1.54) is 16.1 Å². The van der Waals surface area contributed by atoms with Crippen LogP contribution in [0.15, 0.2) is 78.3 Å². The van der Waals surface area contributed by atoms with Gasteiger partial charge in [0.2, 0.25) is 10.0 Å². The van der Waals surface area contributed by atoms with Gasteiger partial charge >= 0.3 is 0 Å². The minimum atomic E-state index is -3.53. The lowest BCUT2D eigenvalue weighted by atomic mass is 10.2. The van der Waals surface area contributed by atoms with Gasteiger partial charge in [-0.3, -0.25) is 4.68 Å². The van der Waals surface area contributed by atoms with Crippen LogP contribution in [0.4, 0.5) is 0 Å². The van der Waals surface area contributed by atoms with Crippen LogP contribution in [-0.4, -0.2) is 50.4 Å². The van der Waals surface area contributed by atoms with Gasteiger partial charge in [0.15, 0.2) is 5.82 Å². The van der Waals surface area contributed by atoms with Crippen molar-refractivity contribution in [2.45, 2.75) is 25.3 Å². The van der Waals surface area contributed by atoms with Crippen LogP contribution >= 0.6 is 0 Å². The molecule has 0 N–H and O–H groups in total. The van der Waals surface area contributed by atoms with Crippen molar-refractivity contribution >= 4 is 10.0 Å². The monoisotopic (exact) mass is 436 g/mol. The molecule has 4 aromatic rings. The van der Waals surface area contributed by atoms with E-state index in [9.17, 15) is 8.42 Å². The number of nitrogens with zero attached hydrogens (tertiary/aromatic N) is 6. The Morgan fingerprint density at radius 1 is 0.871 bits per heavy atom. The van der Waals surface area contributed by atoms with Crippen LogP contribution in [0, 0.1) is 0 Å². The van der Waals surface area contributed by atoms with Crippen LogP contribution in [0.3, 0.4) is 0 Å². The van der Waals surface area contributed by atoms with Gasteiger partial charge in [-0.15, -0.1) is 0 Å². The zero-order valence-electron chi connectivity index (χ0n) is 17.5. The van der Waals surface area contributed by atoms with Crippen LogP contribution < -0.4 is 0 Å². The Morgan fingerprint density at radius 3 is 2.26 bits per heavy atom. The number of pyridine rings is 1. The number of hydrogen-bond acceptors (Lipinski definition) is 5. The summed E-state index contributed by atoms with van der Waals surface area (Å²) in [5.41, 5.74) is 3.03. The largest absolute Gasteiger partial charge is 0.268 e. The zero-order chi connectivity index (χ0) is 21.8. The molecular weight excluding hydrogens is 412 g/mol. The molecule has 0 fully saturated rings. The van der Waals surface area contributed by atoms with Crippen molar-refractivity contribution in [1.82, 2.24) is 28.9 Å². The molecule has 0 spiro atoms. The quantitative estimate of drug-likeness (QED) is 0.423. The summed E-state index contributed by atoms with van der Waals surface area (Å²) in [5.74, 6) is 0.543. The molecule has 0 aliphatic rings. The number of hydrogen-bond donors (Lipinski definition) is 0. The van der Waals surface area contributed by atoms with Crippen molar-refractivity contribution in [1.29, 1.82) is 0 Å². The lowest BCUT2D eigenvalue weighted by molar-refractivity contribution is 0.445. The zero-order valence-corrected chi connectivity index (χ0v) is 18.3. The molecule has 0 aliphatic carbocycles. The highest BCUT2D eigenvalue weighted by Crippen LogP contribution is 2.20. The van der Waals surface area contributed by atoms with Crippen molar-refractivity contribution in [2.24, 2.45) is 0 Å². The maximum atomic E-state index is 12.6. The number of rotatable bonds is 8. The van der Waals surface area contributed by atoms with Crippen molar-refractivity contribution in [3.8, 4) is 16.9 Å². The molecule has 9 heteroatoms. The summed E-state index contributed by atoms with van der Waals surface area (Å²) in [6.07, 6.45) is 8.75. The van der Waals surface area contributed by atoms with Gasteiger partial charge in [0.05, 0.1) is 18.9 Å². The summed E-state index contributed by atoms with van der Waals surface area (Å²) in [6.45, 7) is 5.16. The Labute approximate surface area is 181 Å². The summed E-state index contributed by atoms with van der Waals surface area (Å²) in [6, 6.07) is 13.4. The first-order chi connectivity index (χ1) is 15.0. The number of aromatic nitrogens is 5. The van der Waals surface area contributed by atoms with E-state index in [0.717, 1.165) is 11.1 Å². The maximum absolute atomic E-state index is 12.6. The van der Waals surface area contributed by atoms with E-state index in [1.54, 1.807) is 29.2 Å². The lowest BCUT2D eigenvalue weighted by Gasteiger charge is -2.18. The number of sulfonamides is 1. The van der Waals surface area contributed by atoms with Crippen LogP contribution in [0.5, 0.6) is 0 Å². The summed E-state index contributed by atoms with van der Waals surface area (Å²) in [4.78, 5) is 4.48. The third-order valence-corrected chi connectivity index (χ3v) is 7.07. The molecule has 8 nitrogen and oxygen atoms in total. The Hall–Kier alpha value is -3.30. The van der Waals surface area contributed by atoms with E-state index in [4.69, 9.17) is 0 Å². The van der Waals surface area contributed by atoms with E-state index >= 15 is 0 Å². The molecule has 0 aliphatic heterocycles. The van der Waals surface area contributed by atoms with Gasteiger partial charge in [-0.05, 0) is 17.7 Å². The van der Waals surface area contributed by atoms with Gasteiger partial charge in [-0.25, -0.2) is 18.1 Å². The van der Waals surface area contributed by atoms with E-state index < -0.39 is 10.0 Å². The molecular formula is C22H24N6O2S. The highest BCUT2D eigenvalue weighted by molar-refractivity contribution is 7.89. The molecule has 0 bridgehead atoms. The highest BCUT2D eigenvalue weighted by Gasteiger charge is 2.22. The lowest BCUT2D eigenvalue weighted by Crippen LogP contribution is -2.30. The molecule has 160 valence electrons. The highest BCUT2D eigenvalue weighted by atomic mass is 32.2. The molecule has 0 saturated heterocycles. The summed E-state index contributed by atoms with van der Waals surface area (Å²) >= 11 is 0. The SMILES string of the molecule is CCN(CC)S(=O)(=O)c1ccc(-n2cc(-c3cnn(Cc4ccccc4)c3)cn2)nc1. The molecule has 4 rings (SSSR count). The molecule has 0 amide bonds. The van der Waals surface area contributed by atoms with Crippen LogP contribution in [0.1, 0.15) is 19.4 Å². The first-order valence-electron chi connectivity index (χ1n) is 10.1. The second-order valence-corrected chi connectivity index (χ2v) is 8.97. The van der Waals surface area contributed by atoms with Gasteiger partial charge in [0.1, 0.15) is 4.90 Å². The standard InChI is InChI=1S/C22H24N6O2S/c1-3-27(4-2)31(29,30)21-10-11-22(23-14-21)28-17-20(13-25-28)19-12-24-26(16-19)15-18-8-6-5-7-9-18/h5-14,16-17H,3-4,15H2,1-2H3. The second kappa shape index (κ2) is 8.83. The fraction of sp³-hybridized carbons (Fsp3) is 0.227. The van der Waals surface area contributed by atoms with E-state index in [-0.39, 0.29) is 4.90 Å². The van der Waals surface area contributed by atoms with Crippen molar-refractivity contribution in [3.63, 3.8) is 0 Å². The van der Waals surface area contributed by atoms with Crippen molar-refractivity contribution < 1.29 is 8.42 Å². The molecule has 0 atom stereocenters. The Balaban J connectivity index is 1.52. The predicted octanol–water partition coefficient (Wildman–Crippen LogP) is 3.21. The van der Waals surface area contributed by atoms with E-state index in [1.807, 2.05) is 49.1 Å². The minimum Gasteiger partial charge on any atom is -0.268 e. The summed E-state index contributed by atoms with van der Waals surface area (Å²) < 4.78 is 30.1. The van der Waals surface area contributed by atoms with E-state index in [2.05, 4.69) is 27.3 Å². The van der Waals surface area contributed by atoms with Gasteiger partial charge in [0, 0.05) is 42.8 Å². The molecule has 0 unspecified atom stereocenters. The van der Waals surface area contributed by atoms with Gasteiger partial charge < -0.3 is 0 Å². The van der Waals surface area contributed by atoms with Crippen molar-refractivity contribution in [3.05, 3.63) is 79.0 Å². The Kier molecular flexibility index (Phi) is 5.97. The molecule has 0 radical (unpaired) electrons. The first kappa shape index (κ1) is 21.0. The van der Waals surface area contributed by atoms with Gasteiger partial charge in [0.25, 0.3) is 0 Å². The molecule has 3 aromatic heterocycles. The Morgan fingerprint density at radius 2 is 1.58 bits per heavy atom. The average Bonchev–Trinajstić information content (AvgIpc) is 3.45. The smallest absolute Gasteiger partial charge is 0.244 e. The van der Waals surface area contributed by atoms with E-state index in [0.29, 0.717) is 25.5 Å². The third-order valence-electron chi connectivity index (χ3n) is 5.04. The normalized spacial score (nSPS) is 11.8. The van der Waals surface area contributed by atoms with Crippen LogP contribution in [0.25, 0.3) is 16.9 Å². The first-order valence-corrected chi connectivity index (χ1v) is 11.5. The molecule has 0 saturated carbocycles. The van der Waals surface area contributed by atoms with Gasteiger partial charge in [-0.1, -0.05) is 44.2 Å². The van der Waals surface area contributed by atoms with Crippen molar-refractivity contribution in [2.75, 3.05) is 13.1 Å². The summed E-state index contributed by atoms with van der Waals surface area (Å²) in [7, 11) is -3.53. The Bertz CT molecular complexity index is 1240. The molecule has 3 heterocycles. The van der Waals surface area contributed by atoms with Crippen LogP contribution in [0.2, 0.25) is 0 Å². The maximum Gasteiger partial charge on any atom is 0.244 e. The predicted molar refractivity (Wildman–Crippen MR) is 118 cm³/mol. The fourth-order valence-electron chi connectivity index (χ4n) is 3.34. The molecule has 1 aromatic carbocycles. The minimum absolute atomic E-state index is 0.175. The second-order valence-electron chi connectivity index (χ2n) is 7.03.